The maximum Gasteiger partial charge on any atom is 0.407 e. The number of hydrogen-bond acceptors (Lipinski definition) is 5. The summed E-state index contributed by atoms with van der Waals surface area (Å²) in [5, 5.41) is 12.1. The minimum Gasteiger partial charge on any atom is -0.481 e. The third-order valence-corrected chi connectivity index (χ3v) is 7.54. The lowest BCUT2D eigenvalue weighted by molar-refractivity contribution is -0.143. The van der Waals surface area contributed by atoms with E-state index in [-0.39, 0.29) is 18.4 Å². The zero-order valence-corrected chi connectivity index (χ0v) is 20.2. The molecule has 3 atom stereocenters. The standard InChI is InChI=1S/C26H30N2O5S/c1-16-17(25(30)31)11-13-28(16)24(29)23(12-14-34-2)27-26(32)33-15-22-20-9-5-3-7-18(20)19-8-4-6-10-21(19)22/h3-10,16-17,22-23H,11-15H2,1-2H3,(H,27,32)(H,30,31). The number of fused-ring (bicyclic) bond motifs is 3. The van der Waals surface area contributed by atoms with E-state index in [1.165, 1.54) is 0 Å². The van der Waals surface area contributed by atoms with Gasteiger partial charge in [-0.25, -0.2) is 4.79 Å². The summed E-state index contributed by atoms with van der Waals surface area (Å²) < 4.78 is 5.63. The molecule has 0 radical (unpaired) electrons. The van der Waals surface area contributed by atoms with Crippen molar-refractivity contribution in [3.8, 4) is 11.1 Å². The van der Waals surface area contributed by atoms with E-state index in [2.05, 4.69) is 29.6 Å². The second-order valence-corrected chi connectivity index (χ2v) is 9.80. The van der Waals surface area contributed by atoms with E-state index >= 15 is 0 Å². The van der Waals surface area contributed by atoms with Gasteiger partial charge in [-0.1, -0.05) is 48.5 Å². The average molecular weight is 483 g/mol. The van der Waals surface area contributed by atoms with E-state index in [9.17, 15) is 19.5 Å². The molecule has 2 aromatic rings. The Morgan fingerprint density at radius 2 is 1.74 bits per heavy atom. The lowest BCUT2D eigenvalue weighted by Gasteiger charge is -2.28. The van der Waals surface area contributed by atoms with Gasteiger partial charge in [0.1, 0.15) is 12.6 Å². The second kappa shape index (κ2) is 10.5. The zero-order chi connectivity index (χ0) is 24.2. The van der Waals surface area contributed by atoms with Crippen molar-refractivity contribution in [3.05, 3.63) is 59.7 Å². The molecule has 7 nitrogen and oxygen atoms in total. The Balaban J connectivity index is 1.42. The van der Waals surface area contributed by atoms with Crippen molar-refractivity contribution in [2.45, 2.75) is 37.8 Å². The molecule has 180 valence electrons. The Hall–Kier alpha value is -3.00. The van der Waals surface area contributed by atoms with Crippen LogP contribution in [0.15, 0.2) is 48.5 Å². The van der Waals surface area contributed by atoms with Crippen LogP contribution in [-0.4, -0.2) is 65.2 Å². The van der Waals surface area contributed by atoms with Crippen LogP contribution < -0.4 is 5.32 Å². The predicted octanol–water partition coefficient (Wildman–Crippen LogP) is 3.97. The van der Waals surface area contributed by atoms with Crippen LogP contribution in [0.4, 0.5) is 4.79 Å². The molecule has 0 saturated carbocycles. The smallest absolute Gasteiger partial charge is 0.407 e. The number of amides is 2. The number of alkyl carbamates (subject to hydrolysis) is 1. The maximum atomic E-state index is 13.2. The van der Waals surface area contributed by atoms with Crippen molar-refractivity contribution in [3.63, 3.8) is 0 Å². The van der Waals surface area contributed by atoms with Crippen molar-refractivity contribution in [2.75, 3.05) is 25.2 Å². The monoisotopic (exact) mass is 482 g/mol. The zero-order valence-electron chi connectivity index (χ0n) is 19.4. The number of rotatable bonds is 8. The molecule has 3 unspecified atom stereocenters. The molecule has 2 aromatic carbocycles. The molecule has 1 aliphatic heterocycles. The van der Waals surface area contributed by atoms with Crippen molar-refractivity contribution >= 4 is 29.7 Å². The summed E-state index contributed by atoms with van der Waals surface area (Å²) in [5.41, 5.74) is 4.54. The van der Waals surface area contributed by atoms with Gasteiger partial charge in [0.05, 0.1) is 5.92 Å². The number of thioether (sulfide) groups is 1. The van der Waals surface area contributed by atoms with Gasteiger partial charge in [-0.2, -0.15) is 11.8 Å². The number of nitrogens with zero attached hydrogens (tertiary/aromatic N) is 1. The van der Waals surface area contributed by atoms with E-state index in [0.29, 0.717) is 25.1 Å². The van der Waals surface area contributed by atoms with Gasteiger partial charge >= 0.3 is 12.1 Å². The lowest BCUT2D eigenvalue weighted by atomic mass is 9.98. The molecule has 2 amide bonds. The SMILES string of the molecule is CSCCC(NC(=O)OCC1c2ccccc2-c2ccccc21)C(=O)N1CCC(C(=O)O)C1C. The van der Waals surface area contributed by atoms with Crippen LogP contribution in [0.3, 0.4) is 0 Å². The fraction of sp³-hybridized carbons (Fsp3) is 0.423. The first-order valence-electron chi connectivity index (χ1n) is 11.6. The molecule has 1 aliphatic carbocycles. The number of aliphatic carboxylic acids is 1. The molecule has 0 bridgehead atoms. The van der Waals surface area contributed by atoms with E-state index < -0.39 is 30.1 Å². The third-order valence-electron chi connectivity index (χ3n) is 6.90. The third kappa shape index (κ3) is 4.78. The predicted molar refractivity (Wildman–Crippen MR) is 132 cm³/mol. The van der Waals surface area contributed by atoms with Gasteiger partial charge in [-0.05, 0) is 54.0 Å². The quantitative estimate of drug-likeness (QED) is 0.591. The van der Waals surface area contributed by atoms with Gasteiger partial charge in [0, 0.05) is 18.5 Å². The molecular formula is C26H30N2O5S. The first kappa shape index (κ1) is 24.1. The van der Waals surface area contributed by atoms with E-state index in [1.54, 1.807) is 23.6 Å². The van der Waals surface area contributed by atoms with Crippen molar-refractivity contribution in [2.24, 2.45) is 5.92 Å². The Bertz CT molecular complexity index is 1030. The summed E-state index contributed by atoms with van der Waals surface area (Å²) in [5.74, 6) is -1.11. The topological polar surface area (TPSA) is 95.9 Å². The number of carbonyl (C=O) groups is 3. The summed E-state index contributed by atoms with van der Waals surface area (Å²) in [6.45, 7) is 2.30. The molecule has 0 aromatic heterocycles. The van der Waals surface area contributed by atoms with Gasteiger partial charge < -0.3 is 20.1 Å². The molecule has 2 aliphatic rings. The molecule has 1 saturated heterocycles. The Morgan fingerprint density at radius 1 is 1.12 bits per heavy atom. The summed E-state index contributed by atoms with van der Waals surface area (Å²) >= 11 is 1.58. The van der Waals surface area contributed by atoms with Crippen LogP contribution in [0.25, 0.3) is 11.1 Å². The highest BCUT2D eigenvalue weighted by Crippen LogP contribution is 2.44. The molecule has 0 spiro atoms. The number of hydrogen-bond donors (Lipinski definition) is 2. The number of likely N-dealkylation sites (tertiary alicyclic amines) is 1. The van der Waals surface area contributed by atoms with Crippen molar-refractivity contribution in [1.82, 2.24) is 10.2 Å². The van der Waals surface area contributed by atoms with E-state index in [1.807, 2.05) is 30.5 Å². The summed E-state index contributed by atoms with van der Waals surface area (Å²) in [6, 6.07) is 15.1. The number of carbonyl (C=O) groups excluding carboxylic acids is 2. The highest BCUT2D eigenvalue weighted by molar-refractivity contribution is 7.98. The van der Waals surface area contributed by atoms with Crippen LogP contribution in [0.1, 0.15) is 36.8 Å². The average Bonchev–Trinajstić information content (AvgIpc) is 3.38. The van der Waals surface area contributed by atoms with Crippen LogP contribution in [0.5, 0.6) is 0 Å². The highest BCUT2D eigenvalue weighted by Gasteiger charge is 2.40. The van der Waals surface area contributed by atoms with Crippen LogP contribution in [0, 0.1) is 5.92 Å². The second-order valence-electron chi connectivity index (χ2n) is 8.81. The van der Waals surface area contributed by atoms with Crippen LogP contribution >= 0.6 is 11.8 Å². The fourth-order valence-corrected chi connectivity index (χ4v) is 5.53. The highest BCUT2D eigenvalue weighted by atomic mass is 32.2. The Morgan fingerprint density at radius 3 is 2.29 bits per heavy atom. The molecule has 1 heterocycles. The van der Waals surface area contributed by atoms with Gasteiger partial charge in [0.15, 0.2) is 0 Å². The van der Waals surface area contributed by atoms with Gasteiger partial charge in [-0.15, -0.1) is 0 Å². The molecular weight excluding hydrogens is 452 g/mol. The van der Waals surface area contributed by atoms with Gasteiger partial charge in [0.25, 0.3) is 0 Å². The number of carboxylic acids is 1. The lowest BCUT2D eigenvalue weighted by Crippen LogP contribution is -2.51. The van der Waals surface area contributed by atoms with Crippen molar-refractivity contribution in [1.29, 1.82) is 0 Å². The number of ether oxygens (including phenoxy) is 1. The Kier molecular flexibility index (Phi) is 7.46. The molecule has 4 rings (SSSR count). The number of benzene rings is 2. The normalized spacial score (nSPS) is 19.9. The summed E-state index contributed by atoms with van der Waals surface area (Å²) in [4.78, 5) is 39.0. The largest absolute Gasteiger partial charge is 0.481 e. The molecule has 2 N–H and O–H groups in total. The minimum absolute atomic E-state index is 0.0616. The maximum absolute atomic E-state index is 13.2. The van der Waals surface area contributed by atoms with Crippen molar-refractivity contribution < 1.29 is 24.2 Å². The first-order chi connectivity index (χ1) is 16.4. The van der Waals surface area contributed by atoms with Gasteiger partial charge in [-0.3, -0.25) is 9.59 Å². The number of nitrogens with one attached hydrogen (secondary N) is 1. The van der Waals surface area contributed by atoms with E-state index in [4.69, 9.17) is 4.74 Å². The Labute approximate surface area is 203 Å². The molecule has 1 fully saturated rings. The fourth-order valence-electron chi connectivity index (χ4n) is 5.06. The van der Waals surface area contributed by atoms with Crippen LogP contribution in [-0.2, 0) is 14.3 Å². The summed E-state index contributed by atoms with van der Waals surface area (Å²) in [6.07, 6.45) is 2.17. The van der Waals surface area contributed by atoms with Crippen LogP contribution in [0.2, 0.25) is 0 Å². The van der Waals surface area contributed by atoms with E-state index in [0.717, 1.165) is 22.3 Å². The molecule has 8 heteroatoms. The first-order valence-corrected chi connectivity index (χ1v) is 13.0. The van der Waals surface area contributed by atoms with Gasteiger partial charge in [0.2, 0.25) is 5.91 Å². The number of carboxylic acid groups (broad SMARTS) is 1. The summed E-state index contributed by atoms with van der Waals surface area (Å²) in [7, 11) is 0. The molecule has 34 heavy (non-hydrogen) atoms. The minimum atomic E-state index is -0.895.